The molecule has 3 nitrogen and oxygen atoms in total. The highest BCUT2D eigenvalue weighted by atomic mass is 16.4. The lowest BCUT2D eigenvalue weighted by Gasteiger charge is -2.31. The van der Waals surface area contributed by atoms with Crippen LogP contribution in [0, 0.1) is 0 Å². The summed E-state index contributed by atoms with van der Waals surface area (Å²) in [7, 11) is 0. The summed E-state index contributed by atoms with van der Waals surface area (Å²) in [4.78, 5) is 7.49. The lowest BCUT2D eigenvalue weighted by molar-refractivity contribution is 0.590. The molecule has 10 rings (SSSR count). The number of oxazole rings is 1. The Morgan fingerprint density at radius 2 is 1.16 bits per heavy atom. The van der Waals surface area contributed by atoms with Crippen LogP contribution in [0.15, 0.2) is 162 Å². The molecule has 3 heteroatoms. The molecule has 0 amide bonds. The Bertz CT molecular complexity index is 2550. The molecular formula is C46H32N2O. The molecule has 0 bridgehead atoms. The molecule has 2 aliphatic rings. The van der Waals surface area contributed by atoms with E-state index < -0.39 is 0 Å². The summed E-state index contributed by atoms with van der Waals surface area (Å²) in [6.07, 6.45) is 0. The predicted molar refractivity (Wildman–Crippen MR) is 202 cm³/mol. The first-order valence-corrected chi connectivity index (χ1v) is 16.9. The number of hydrogen-bond donors (Lipinski definition) is 0. The van der Waals surface area contributed by atoms with Gasteiger partial charge in [-0.25, -0.2) is 4.98 Å². The van der Waals surface area contributed by atoms with Crippen LogP contribution in [0.4, 0.5) is 17.1 Å². The quantitative estimate of drug-likeness (QED) is 0.190. The van der Waals surface area contributed by atoms with Crippen molar-refractivity contribution in [2.24, 2.45) is 0 Å². The molecule has 1 aromatic heterocycles. The Labute approximate surface area is 285 Å². The number of hydrogen-bond acceptors (Lipinski definition) is 3. The lowest BCUT2D eigenvalue weighted by atomic mass is 9.82. The molecule has 0 fully saturated rings. The van der Waals surface area contributed by atoms with Gasteiger partial charge in [0, 0.05) is 44.1 Å². The van der Waals surface area contributed by atoms with Crippen molar-refractivity contribution < 1.29 is 4.42 Å². The van der Waals surface area contributed by atoms with Gasteiger partial charge in [0.25, 0.3) is 0 Å². The fraction of sp³-hybridized carbons (Fsp3) is 0.0652. The monoisotopic (exact) mass is 628 g/mol. The molecule has 0 saturated carbocycles. The van der Waals surface area contributed by atoms with Gasteiger partial charge in [-0.2, -0.15) is 0 Å². The van der Waals surface area contributed by atoms with Crippen molar-refractivity contribution in [2.75, 3.05) is 4.90 Å². The van der Waals surface area contributed by atoms with Crippen LogP contribution in [0.1, 0.15) is 25.0 Å². The van der Waals surface area contributed by atoms with Crippen molar-refractivity contribution >= 4 is 27.8 Å². The van der Waals surface area contributed by atoms with Crippen LogP contribution in [0.3, 0.4) is 0 Å². The fourth-order valence-corrected chi connectivity index (χ4v) is 8.13. The SMILES string of the molecule is CC1(C)c2ccccc2-c2ccc(N(c3ccccc3-c3ccccc3)c3ccc4c5c(cccc35)-c3oc(-c5ccccc5)nc3-4)cc21. The molecule has 0 aliphatic heterocycles. The summed E-state index contributed by atoms with van der Waals surface area (Å²) in [6, 6.07) is 56.5. The van der Waals surface area contributed by atoms with Gasteiger partial charge in [-0.1, -0.05) is 129 Å². The van der Waals surface area contributed by atoms with Gasteiger partial charge in [-0.3, -0.25) is 0 Å². The first-order valence-electron chi connectivity index (χ1n) is 16.9. The minimum Gasteiger partial charge on any atom is -0.435 e. The standard InChI is InChI=1S/C46H32N2O/c1-46(2)38-22-11-9-19-33(38)34-25-24-31(28-39(34)46)48(40-23-12-10-18-32(40)29-14-5-3-6-15-29)41-27-26-36-42-35(41)20-13-21-37(42)44-43(36)47-45(49-44)30-16-7-4-8-17-30/h3-28H,1-2H3. The number of benzene rings is 7. The minimum atomic E-state index is -0.120. The molecule has 0 saturated heterocycles. The molecule has 232 valence electrons. The first-order chi connectivity index (χ1) is 24.1. The van der Waals surface area contributed by atoms with Gasteiger partial charge in [0.15, 0.2) is 5.76 Å². The van der Waals surface area contributed by atoms with Crippen LogP contribution in [-0.4, -0.2) is 4.98 Å². The summed E-state index contributed by atoms with van der Waals surface area (Å²) in [6.45, 7) is 4.69. The van der Waals surface area contributed by atoms with E-state index in [9.17, 15) is 0 Å². The molecule has 0 N–H and O–H groups in total. The number of anilines is 3. The van der Waals surface area contributed by atoms with Crippen molar-refractivity contribution in [3.05, 3.63) is 169 Å². The first kappa shape index (κ1) is 27.9. The summed E-state index contributed by atoms with van der Waals surface area (Å²) in [5.41, 5.74) is 15.0. The van der Waals surface area contributed by atoms with Gasteiger partial charge in [0.1, 0.15) is 5.69 Å². The molecule has 1 heterocycles. The van der Waals surface area contributed by atoms with Crippen LogP contribution in [0.2, 0.25) is 0 Å². The van der Waals surface area contributed by atoms with Crippen molar-refractivity contribution in [2.45, 2.75) is 19.3 Å². The maximum Gasteiger partial charge on any atom is 0.227 e. The normalized spacial score (nSPS) is 13.3. The van der Waals surface area contributed by atoms with E-state index in [2.05, 4.69) is 146 Å². The summed E-state index contributed by atoms with van der Waals surface area (Å²) in [5.74, 6) is 1.49. The molecule has 0 spiro atoms. The van der Waals surface area contributed by atoms with E-state index in [1.54, 1.807) is 0 Å². The second kappa shape index (κ2) is 10.4. The second-order valence-electron chi connectivity index (χ2n) is 13.5. The van der Waals surface area contributed by atoms with Crippen LogP contribution in [-0.2, 0) is 5.41 Å². The van der Waals surface area contributed by atoms with Gasteiger partial charge in [0.05, 0.1) is 11.4 Å². The van der Waals surface area contributed by atoms with Crippen LogP contribution in [0.25, 0.3) is 67.1 Å². The Morgan fingerprint density at radius 1 is 0.510 bits per heavy atom. The number of fused-ring (bicyclic) bond motifs is 6. The number of aromatic nitrogens is 1. The number of rotatable bonds is 5. The zero-order valence-electron chi connectivity index (χ0n) is 27.3. The highest BCUT2D eigenvalue weighted by Gasteiger charge is 2.36. The van der Waals surface area contributed by atoms with Crippen molar-refractivity contribution in [1.29, 1.82) is 0 Å². The zero-order valence-corrected chi connectivity index (χ0v) is 27.3. The number of nitrogens with zero attached hydrogens (tertiary/aromatic N) is 2. The maximum absolute atomic E-state index is 6.51. The molecule has 8 aromatic rings. The van der Waals surface area contributed by atoms with Crippen LogP contribution >= 0.6 is 0 Å². The summed E-state index contributed by atoms with van der Waals surface area (Å²) >= 11 is 0. The van der Waals surface area contributed by atoms with E-state index in [1.807, 2.05) is 30.3 Å². The van der Waals surface area contributed by atoms with E-state index >= 15 is 0 Å². The van der Waals surface area contributed by atoms with Crippen LogP contribution in [0.5, 0.6) is 0 Å². The third kappa shape index (κ3) is 4.06. The second-order valence-corrected chi connectivity index (χ2v) is 13.5. The molecular weight excluding hydrogens is 597 g/mol. The van der Waals surface area contributed by atoms with E-state index in [0.29, 0.717) is 5.89 Å². The van der Waals surface area contributed by atoms with E-state index in [-0.39, 0.29) is 5.41 Å². The van der Waals surface area contributed by atoms with Gasteiger partial charge in [-0.05, 0) is 70.3 Å². The third-order valence-electron chi connectivity index (χ3n) is 10.5. The Kier molecular flexibility index (Phi) is 5.92. The maximum atomic E-state index is 6.51. The predicted octanol–water partition coefficient (Wildman–Crippen LogP) is 12.6. The molecule has 49 heavy (non-hydrogen) atoms. The Balaban J connectivity index is 1.21. The van der Waals surface area contributed by atoms with E-state index in [4.69, 9.17) is 9.40 Å². The van der Waals surface area contributed by atoms with Gasteiger partial charge in [-0.15, -0.1) is 0 Å². The van der Waals surface area contributed by atoms with Gasteiger partial charge < -0.3 is 9.32 Å². The zero-order chi connectivity index (χ0) is 32.7. The molecule has 0 atom stereocenters. The smallest absolute Gasteiger partial charge is 0.227 e. The third-order valence-corrected chi connectivity index (χ3v) is 10.5. The highest BCUT2D eigenvalue weighted by Crippen LogP contribution is 2.54. The van der Waals surface area contributed by atoms with Crippen molar-refractivity contribution in [1.82, 2.24) is 4.98 Å². The molecule has 2 aliphatic carbocycles. The summed E-state index contributed by atoms with van der Waals surface area (Å²) in [5, 5.41) is 2.34. The van der Waals surface area contributed by atoms with Crippen molar-refractivity contribution in [3.8, 4) is 56.3 Å². The van der Waals surface area contributed by atoms with Crippen LogP contribution < -0.4 is 4.90 Å². The number of para-hydroxylation sites is 1. The van der Waals surface area contributed by atoms with E-state index in [1.165, 1.54) is 38.8 Å². The van der Waals surface area contributed by atoms with Gasteiger partial charge >= 0.3 is 0 Å². The Hall–Kier alpha value is -6.19. The minimum absolute atomic E-state index is 0.120. The average Bonchev–Trinajstić information content (AvgIpc) is 3.79. The Morgan fingerprint density at radius 3 is 1.98 bits per heavy atom. The molecule has 0 unspecified atom stereocenters. The topological polar surface area (TPSA) is 29.3 Å². The molecule has 0 radical (unpaired) electrons. The van der Waals surface area contributed by atoms with Gasteiger partial charge in [0.2, 0.25) is 5.89 Å². The lowest BCUT2D eigenvalue weighted by Crippen LogP contribution is -2.17. The fourth-order valence-electron chi connectivity index (χ4n) is 8.13. The average molecular weight is 629 g/mol. The highest BCUT2D eigenvalue weighted by molar-refractivity contribution is 6.18. The van der Waals surface area contributed by atoms with E-state index in [0.717, 1.165) is 50.6 Å². The summed E-state index contributed by atoms with van der Waals surface area (Å²) < 4.78 is 6.51. The van der Waals surface area contributed by atoms with Crippen molar-refractivity contribution in [3.63, 3.8) is 0 Å². The molecule has 7 aromatic carbocycles. The largest absolute Gasteiger partial charge is 0.435 e.